The summed E-state index contributed by atoms with van der Waals surface area (Å²) in [6.07, 6.45) is 1.67. The van der Waals surface area contributed by atoms with Crippen LogP contribution >= 0.6 is 0 Å². The molecule has 1 amide bonds. The second-order valence-electron chi connectivity index (χ2n) is 7.46. The third-order valence-electron chi connectivity index (χ3n) is 5.49. The number of rotatable bonds is 4. The van der Waals surface area contributed by atoms with Gasteiger partial charge in [-0.3, -0.25) is 4.79 Å². The maximum absolute atomic E-state index is 14.6. The number of hydrogen-bond donors (Lipinski definition) is 1. The molecule has 3 heterocycles. The number of aromatic nitrogens is 5. The van der Waals surface area contributed by atoms with E-state index < -0.39 is 5.92 Å². The molecular weight excluding hydrogens is 411 g/mol. The van der Waals surface area contributed by atoms with Crippen molar-refractivity contribution in [3.05, 3.63) is 77.4 Å². The predicted octanol–water partition coefficient (Wildman–Crippen LogP) is 3.65. The largest absolute Gasteiger partial charge is 0.497 e. The topological polar surface area (TPSA) is 94.8 Å². The first-order valence-electron chi connectivity index (χ1n) is 10.0. The van der Waals surface area contributed by atoms with Crippen LogP contribution in [0.2, 0.25) is 0 Å². The van der Waals surface area contributed by atoms with E-state index in [1.165, 1.54) is 10.7 Å². The van der Waals surface area contributed by atoms with Crippen molar-refractivity contribution in [1.82, 2.24) is 25.0 Å². The van der Waals surface area contributed by atoms with Crippen LogP contribution in [-0.2, 0) is 4.79 Å². The fourth-order valence-corrected chi connectivity index (χ4v) is 4.02. The Labute approximate surface area is 183 Å². The van der Waals surface area contributed by atoms with Crippen molar-refractivity contribution in [3.8, 4) is 23.0 Å². The van der Waals surface area contributed by atoms with Crippen LogP contribution in [-0.4, -0.2) is 38.0 Å². The zero-order chi connectivity index (χ0) is 22.2. The first kappa shape index (κ1) is 19.8. The van der Waals surface area contributed by atoms with Gasteiger partial charge in [0.25, 0.3) is 5.95 Å². The molecule has 32 heavy (non-hydrogen) atoms. The molecule has 0 unspecified atom stereocenters. The Morgan fingerprint density at radius 1 is 1.19 bits per heavy atom. The highest BCUT2D eigenvalue weighted by Gasteiger charge is 2.34. The van der Waals surface area contributed by atoms with Crippen LogP contribution < -0.4 is 10.1 Å². The van der Waals surface area contributed by atoms with Crippen molar-refractivity contribution in [1.29, 1.82) is 0 Å². The number of ether oxygens (including phenoxy) is 1. The smallest absolute Gasteiger partial charge is 0.272 e. The van der Waals surface area contributed by atoms with Crippen molar-refractivity contribution in [3.63, 3.8) is 0 Å². The van der Waals surface area contributed by atoms with Gasteiger partial charge in [0.2, 0.25) is 5.91 Å². The van der Waals surface area contributed by atoms with Gasteiger partial charge in [-0.15, -0.1) is 5.10 Å². The summed E-state index contributed by atoms with van der Waals surface area (Å²) in [5, 5.41) is 15.6. The van der Waals surface area contributed by atoms with E-state index in [0.29, 0.717) is 28.5 Å². The lowest BCUT2D eigenvalue weighted by molar-refractivity contribution is -0.116. The molecule has 1 aliphatic rings. The van der Waals surface area contributed by atoms with Gasteiger partial charge in [-0.25, -0.2) is 9.37 Å². The first-order valence-corrected chi connectivity index (χ1v) is 10.0. The van der Waals surface area contributed by atoms with Crippen molar-refractivity contribution >= 4 is 11.7 Å². The molecule has 2 aromatic heterocycles. The number of nitrogens with one attached hydrogen (secondary N) is 1. The number of benzene rings is 2. The van der Waals surface area contributed by atoms with Gasteiger partial charge in [0.15, 0.2) is 0 Å². The molecule has 0 aliphatic carbocycles. The van der Waals surface area contributed by atoms with Gasteiger partial charge in [-0.1, -0.05) is 30.3 Å². The quantitative estimate of drug-likeness (QED) is 0.531. The lowest BCUT2D eigenvalue weighted by atomic mass is 9.85. The van der Waals surface area contributed by atoms with Gasteiger partial charge >= 0.3 is 0 Å². The summed E-state index contributed by atoms with van der Waals surface area (Å²) in [7, 11) is 1.59. The Bertz CT molecular complexity index is 1340. The number of amides is 1. The molecule has 5 rings (SSSR count). The molecule has 0 saturated carbocycles. The van der Waals surface area contributed by atoms with E-state index in [0.717, 1.165) is 11.1 Å². The zero-order valence-corrected chi connectivity index (χ0v) is 17.4. The minimum atomic E-state index is -0.455. The summed E-state index contributed by atoms with van der Waals surface area (Å²) < 4.78 is 21.3. The Morgan fingerprint density at radius 2 is 2.03 bits per heavy atom. The number of aryl methyl sites for hydroxylation is 1. The molecule has 0 saturated heterocycles. The Balaban J connectivity index is 1.62. The van der Waals surface area contributed by atoms with E-state index in [9.17, 15) is 9.18 Å². The number of anilines is 1. The maximum Gasteiger partial charge on any atom is 0.272 e. The fourth-order valence-electron chi connectivity index (χ4n) is 4.02. The number of fused-ring (bicyclic) bond motifs is 1. The number of nitrogens with zero attached hydrogens (tertiary/aromatic N) is 5. The second-order valence-corrected chi connectivity index (χ2v) is 7.46. The van der Waals surface area contributed by atoms with Crippen LogP contribution in [0.15, 0.2) is 54.7 Å². The fraction of sp³-hybridized carbons (Fsp3) is 0.174. The van der Waals surface area contributed by atoms with Gasteiger partial charge in [0, 0.05) is 23.5 Å². The molecule has 2 aromatic carbocycles. The predicted molar refractivity (Wildman–Crippen MR) is 115 cm³/mol. The molecule has 8 nitrogen and oxygen atoms in total. The molecule has 0 radical (unpaired) electrons. The van der Waals surface area contributed by atoms with Crippen LogP contribution in [0, 0.1) is 12.7 Å². The highest BCUT2D eigenvalue weighted by atomic mass is 19.1. The highest BCUT2D eigenvalue weighted by molar-refractivity contribution is 5.95. The Morgan fingerprint density at radius 3 is 2.84 bits per heavy atom. The van der Waals surface area contributed by atoms with Crippen LogP contribution in [0.5, 0.6) is 5.75 Å². The van der Waals surface area contributed by atoms with Gasteiger partial charge in [-0.05, 0) is 30.7 Å². The van der Waals surface area contributed by atoms with Crippen molar-refractivity contribution in [2.24, 2.45) is 0 Å². The number of hydrogen-bond acceptors (Lipinski definition) is 6. The highest BCUT2D eigenvalue weighted by Crippen LogP contribution is 2.40. The van der Waals surface area contributed by atoms with E-state index in [1.807, 2.05) is 31.2 Å². The molecule has 1 N–H and O–H groups in total. The lowest BCUT2D eigenvalue weighted by Gasteiger charge is -2.24. The van der Waals surface area contributed by atoms with Crippen LogP contribution in [0.3, 0.4) is 0 Å². The molecular formula is C23H19FN6O2. The van der Waals surface area contributed by atoms with Crippen LogP contribution in [0.4, 0.5) is 10.2 Å². The number of halogens is 1. The summed E-state index contributed by atoms with van der Waals surface area (Å²) in [4.78, 5) is 17.1. The molecule has 1 aliphatic heterocycles. The normalized spacial score (nSPS) is 15.2. The van der Waals surface area contributed by atoms with Crippen LogP contribution in [0.25, 0.3) is 17.2 Å². The first-order chi connectivity index (χ1) is 15.5. The Kier molecular flexibility index (Phi) is 4.85. The minimum Gasteiger partial charge on any atom is -0.497 e. The monoisotopic (exact) mass is 430 g/mol. The number of methoxy groups -OCH3 is 1. The molecule has 9 heteroatoms. The summed E-state index contributed by atoms with van der Waals surface area (Å²) >= 11 is 0. The van der Waals surface area contributed by atoms with Crippen molar-refractivity contribution in [2.45, 2.75) is 19.3 Å². The Hall–Kier alpha value is -4.14. The minimum absolute atomic E-state index is 0.128. The lowest BCUT2D eigenvalue weighted by Crippen LogP contribution is -2.25. The number of carbonyl (C=O) groups is 1. The van der Waals surface area contributed by atoms with E-state index >= 15 is 0 Å². The van der Waals surface area contributed by atoms with Gasteiger partial charge in [0.1, 0.15) is 17.4 Å². The van der Waals surface area contributed by atoms with E-state index in [4.69, 9.17) is 4.74 Å². The molecule has 0 bridgehead atoms. The summed E-state index contributed by atoms with van der Waals surface area (Å²) in [6.45, 7) is 1.82. The second kappa shape index (κ2) is 7.84. The summed E-state index contributed by atoms with van der Waals surface area (Å²) in [6, 6.07) is 13.9. The summed E-state index contributed by atoms with van der Waals surface area (Å²) in [5.74, 6) is 0.269. The average Bonchev–Trinajstić information content (AvgIpc) is 3.15. The van der Waals surface area contributed by atoms with E-state index in [-0.39, 0.29) is 24.1 Å². The SMILES string of the molecule is COc1cccc(-c2cnnc(-n3nc(C)c4c3NC(=O)C[C@H]4c3ccccc3F)n2)c1. The molecule has 1 atom stereocenters. The molecule has 0 spiro atoms. The molecule has 4 aromatic rings. The standard InChI is InChI=1S/C23H19FN6O2/c1-13-21-17(16-8-3-4-9-18(16)24)11-20(31)27-22(21)30(29-13)23-26-19(12-25-28-23)14-6-5-7-15(10-14)32-2/h3-10,12,17H,11H2,1-2H3,(H,27,31)/t17-/m0/s1. The molecule has 160 valence electrons. The average molecular weight is 430 g/mol. The van der Waals surface area contributed by atoms with E-state index in [2.05, 4.69) is 25.6 Å². The van der Waals surface area contributed by atoms with Crippen molar-refractivity contribution < 1.29 is 13.9 Å². The third kappa shape index (κ3) is 3.37. The van der Waals surface area contributed by atoms with Crippen molar-refractivity contribution in [2.75, 3.05) is 12.4 Å². The van der Waals surface area contributed by atoms with Gasteiger partial charge in [0.05, 0.1) is 24.7 Å². The zero-order valence-electron chi connectivity index (χ0n) is 17.4. The number of carbonyl (C=O) groups excluding carboxylic acids is 1. The molecule has 0 fully saturated rings. The van der Waals surface area contributed by atoms with Gasteiger partial charge < -0.3 is 10.1 Å². The van der Waals surface area contributed by atoms with E-state index in [1.54, 1.807) is 31.5 Å². The summed E-state index contributed by atoms with van der Waals surface area (Å²) in [5.41, 5.74) is 3.22. The third-order valence-corrected chi connectivity index (χ3v) is 5.49. The van der Waals surface area contributed by atoms with Gasteiger partial charge in [-0.2, -0.15) is 14.9 Å². The maximum atomic E-state index is 14.6. The van der Waals surface area contributed by atoms with Crippen LogP contribution in [0.1, 0.15) is 29.2 Å².